The Morgan fingerprint density at radius 1 is 1.33 bits per heavy atom. The molecule has 0 saturated heterocycles. The van der Waals surface area contributed by atoms with E-state index in [1.165, 1.54) is 0 Å². The fourth-order valence-electron chi connectivity index (χ4n) is 1.77. The highest BCUT2D eigenvalue weighted by atomic mass is 19.3. The SMILES string of the molecule is N#Cc1ncn(-c2ccc([N+](=O)[O-])cc2C(F)F)c1C#N. The van der Waals surface area contributed by atoms with E-state index < -0.39 is 22.6 Å². The van der Waals surface area contributed by atoms with Gasteiger partial charge in [0.15, 0.2) is 11.4 Å². The highest BCUT2D eigenvalue weighted by Crippen LogP contribution is 2.30. The molecule has 0 amide bonds. The molecule has 0 aliphatic rings. The van der Waals surface area contributed by atoms with Gasteiger partial charge in [-0.15, -0.1) is 0 Å². The zero-order valence-electron chi connectivity index (χ0n) is 10.2. The maximum atomic E-state index is 13.1. The van der Waals surface area contributed by atoms with Gasteiger partial charge in [0.25, 0.3) is 12.1 Å². The number of nitriles is 2. The van der Waals surface area contributed by atoms with Crippen molar-refractivity contribution in [1.82, 2.24) is 9.55 Å². The lowest BCUT2D eigenvalue weighted by molar-refractivity contribution is -0.385. The van der Waals surface area contributed by atoms with Gasteiger partial charge in [0, 0.05) is 17.7 Å². The number of non-ortho nitro benzene ring substituents is 1. The zero-order chi connectivity index (χ0) is 15.6. The maximum Gasteiger partial charge on any atom is 0.270 e. The van der Waals surface area contributed by atoms with Gasteiger partial charge in [-0.1, -0.05) is 0 Å². The van der Waals surface area contributed by atoms with Gasteiger partial charge in [-0.2, -0.15) is 10.5 Å². The summed E-state index contributed by atoms with van der Waals surface area (Å²) in [5, 5.41) is 28.4. The highest BCUT2D eigenvalue weighted by Gasteiger charge is 2.21. The minimum atomic E-state index is -2.99. The number of aromatic nitrogens is 2. The third-order valence-corrected chi connectivity index (χ3v) is 2.70. The number of hydrogen-bond acceptors (Lipinski definition) is 5. The van der Waals surface area contributed by atoms with E-state index in [2.05, 4.69) is 4.98 Å². The van der Waals surface area contributed by atoms with E-state index in [9.17, 15) is 18.9 Å². The molecular formula is C12H5F2N5O2. The van der Waals surface area contributed by atoms with Crippen molar-refractivity contribution < 1.29 is 13.7 Å². The first-order valence-corrected chi connectivity index (χ1v) is 5.44. The molecule has 104 valence electrons. The van der Waals surface area contributed by atoms with Crippen molar-refractivity contribution in [2.45, 2.75) is 6.43 Å². The van der Waals surface area contributed by atoms with Gasteiger partial charge >= 0.3 is 0 Å². The van der Waals surface area contributed by atoms with Crippen LogP contribution in [0.3, 0.4) is 0 Å². The van der Waals surface area contributed by atoms with Crippen LogP contribution in [0, 0.1) is 32.8 Å². The molecule has 21 heavy (non-hydrogen) atoms. The molecule has 0 saturated carbocycles. The molecule has 0 aliphatic heterocycles. The van der Waals surface area contributed by atoms with Crippen LogP contribution >= 0.6 is 0 Å². The quantitative estimate of drug-likeness (QED) is 0.636. The Bertz CT molecular complexity index is 801. The van der Waals surface area contributed by atoms with Gasteiger partial charge in [-0.05, 0) is 6.07 Å². The molecule has 1 aromatic carbocycles. The second-order valence-electron chi connectivity index (χ2n) is 3.84. The topological polar surface area (TPSA) is 109 Å². The molecule has 0 aliphatic carbocycles. The fraction of sp³-hybridized carbons (Fsp3) is 0.0833. The van der Waals surface area contributed by atoms with Crippen LogP contribution in [-0.2, 0) is 0 Å². The lowest BCUT2D eigenvalue weighted by Gasteiger charge is -2.10. The van der Waals surface area contributed by atoms with Crippen LogP contribution in [-0.4, -0.2) is 14.5 Å². The number of nitrogens with zero attached hydrogens (tertiary/aromatic N) is 5. The van der Waals surface area contributed by atoms with E-state index in [0.29, 0.717) is 0 Å². The van der Waals surface area contributed by atoms with E-state index in [1.54, 1.807) is 12.1 Å². The molecule has 0 fully saturated rings. The Labute approximate surface area is 116 Å². The summed E-state index contributed by atoms with van der Waals surface area (Å²) in [7, 11) is 0. The molecular weight excluding hydrogens is 284 g/mol. The van der Waals surface area contributed by atoms with Crippen LogP contribution in [0.2, 0.25) is 0 Å². The lowest BCUT2D eigenvalue weighted by Crippen LogP contribution is -2.03. The summed E-state index contributed by atoms with van der Waals surface area (Å²) in [6.45, 7) is 0. The summed E-state index contributed by atoms with van der Waals surface area (Å²) in [6.07, 6.45) is -1.94. The van der Waals surface area contributed by atoms with E-state index in [0.717, 1.165) is 29.1 Å². The monoisotopic (exact) mass is 289 g/mol. The predicted molar refractivity (Wildman–Crippen MR) is 64.6 cm³/mol. The van der Waals surface area contributed by atoms with E-state index >= 15 is 0 Å². The number of nitro groups is 1. The Kier molecular flexibility index (Phi) is 3.59. The molecule has 2 aromatic rings. The lowest BCUT2D eigenvalue weighted by atomic mass is 10.1. The largest absolute Gasteiger partial charge is 0.289 e. The first kappa shape index (κ1) is 14.1. The predicted octanol–water partition coefficient (Wildman–Crippen LogP) is 2.46. The smallest absolute Gasteiger partial charge is 0.270 e. The van der Waals surface area contributed by atoms with E-state index in [4.69, 9.17) is 10.5 Å². The standard InChI is InChI=1S/C12H5F2N5O2/c13-12(14)8-3-7(19(20)21)1-2-10(8)18-6-17-9(4-15)11(18)5-16/h1-3,6,12H. The van der Waals surface area contributed by atoms with Crippen molar-refractivity contribution in [2.75, 3.05) is 0 Å². The summed E-state index contributed by atoms with van der Waals surface area (Å²) in [4.78, 5) is 13.5. The minimum Gasteiger partial charge on any atom is -0.289 e. The number of nitro benzene ring substituents is 1. The van der Waals surface area contributed by atoms with Gasteiger partial charge in [0.2, 0.25) is 0 Å². The zero-order valence-corrected chi connectivity index (χ0v) is 10.2. The Morgan fingerprint density at radius 2 is 2.05 bits per heavy atom. The summed E-state index contributed by atoms with van der Waals surface area (Å²) in [6, 6.07) is 6.21. The molecule has 0 unspecified atom stereocenters. The third kappa shape index (κ3) is 2.40. The van der Waals surface area contributed by atoms with Crippen molar-refractivity contribution in [1.29, 1.82) is 10.5 Å². The van der Waals surface area contributed by atoms with Crippen LogP contribution in [0.1, 0.15) is 23.4 Å². The normalized spacial score (nSPS) is 10.1. The first-order chi connectivity index (χ1) is 9.99. The van der Waals surface area contributed by atoms with Crippen LogP contribution in [0.4, 0.5) is 14.5 Å². The number of hydrogen-bond donors (Lipinski definition) is 0. The van der Waals surface area contributed by atoms with Crippen molar-refractivity contribution in [2.24, 2.45) is 0 Å². The molecule has 2 rings (SSSR count). The van der Waals surface area contributed by atoms with Crippen molar-refractivity contribution in [3.05, 3.63) is 51.6 Å². The Balaban J connectivity index is 2.71. The average Bonchev–Trinajstić information content (AvgIpc) is 2.88. The molecule has 0 spiro atoms. The number of alkyl halides is 2. The third-order valence-electron chi connectivity index (χ3n) is 2.70. The van der Waals surface area contributed by atoms with Crippen molar-refractivity contribution in [3.8, 4) is 17.8 Å². The number of benzene rings is 1. The van der Waals surface area contributed by atoms with Crippen LogP contribution < -0.4 is 0 Å². The molecule has 0 atom stereocenters. The Hall–Kier alpha value is -3.33. The molecule has 9 heteroatoms. The minimum absolute atomic E-state index is 0.138. The van der Waals surface area contributed by atoms with E-state index in [-0.39, 0.29) is 17.1 Å². The molecule has 7 nitrogen and oxygen atoms in total. The van der Waals surface area contributed by atoms with Gasteiger partial charge in [0.05, 0.1) is 10.6 Å². The maximum absolute atomic E-state index is 13.1. The van der Waals surface area contributed by atoms with Crippen LogP contribution in [0.25, 0.3) is 5.69 Å². The molecule has 0 radical (unpaired) electrons. The van der Waals surface area contributed by atoms with Crippen LogP contribution in [0.5, 0.6) is 0 Å². The number of halogens is 2. The van der Waals surface area contributed by atoms with Crippen molar-refractivity contribution >= 4 is 5.69 Å². The second kappa shape index (κ2) is 5.35. The fourth-order valence-corrected chi connectivity index (χ4v) is 1.77. The molecule has 0 bridgehead atoms. The summed E-state index contributed by atoms with van der Waals surface area (Å²) >= 11 is 0. The Morgan fingerprint density at radius 3 is 2.57 bits per heavy atom. The summed E-state index contributed by atoms with van der Waals surface area (Å²) in [5.41, 5.74) is -1.68. The van der Waals surface area contributed by atoms with Gasteiger partial charge in [0.1, 0.15) is 18.5 Å². The first-order valence-electron chi connectivity index (χ1n) is 5.44. The summed E-state index contributed by atoms with van der Waals surface area (Å²) in [5.74, 6) is 0. The van der Waals surface area contributed by atoms with Gasteiger partial charge in [-0.3, -0.25) is 14.7 Å². The number of rotatable bonds is 3. The molecule has 1 heterocycles. The van der Waals surface area contributed by atoms with Gasteiger partial charge < -0.3 is 0 Å². The van der Waals surface area contributed by atoms with Gasteiger partial charge in [-0.25, -0.2) is 13.8 Å². The average molecular weight is 289 g/mol. The van der Waals surface area contributed by atoms with Crippen LogP contribution in [0.15, 0.2) is 24.5 Å². The number of imidazole rings is 1. The molecule has 0 N–H and O–H groups in total. The van der Waals surface area contributed by atoms with E-state index in [1.807, 2.05) is 0 Å². The second-order valence-corrected chi connectivity index (χ2v) is 3.84. The summed E-state index contributed by atoms with van der Waals surface area (Å²) < 4.78 is 27.2. The van der Waals surface area contributed by atoms with Crippen molar-refractivity contribution in [3.63, 3.8) is 0 Å². The molecule has 1 aromatic heterocycles. The highest BCUT2D eigenvalue weighted by molar-refractivity contribution is 5.52.